The number of ether oxygens (including phenoxy) is 1. The molecule has 1 unspecified atom stereocenters. The van der Waals surface area contributed by atoms with Crippen molar-refractivity contribution in [2.75, 3.05) is 26.7 Å². The molecular formula is C29H33N5O2. The smallest absolute Gasteiger partial charge is 0.319 e. The summed E-state index contributed by atoms with van der Waals surface area (Å²) in [6.07, 6.45) is 2.94. The molecule has 1 aliphatic heterocycles. The summed E-state index contributed by atoms with van der Waals surface area (Å²) in [7, 11) is 3.75. The Kier molecular flexibility index (Phi) is 6.63. The first kappa shape index (κ1) is 23.9. The summed E-state index contributed by atoms with van der Waals surface area (Å²) < 4.78 is 7.98. The Morgan fingerprint density at radius 1 is 1.17 bits per heavy atom. The molecule has 0 saturated carbocycles. The van der Waals surface area contributed by atoms with Gasteiger partial charge in [-0.1, -0.05) is 42.5 Å². The fourth-order valence-electron chi connectivity index (χ4n) is 4.87. The van der Waals surface area contributed by atoms with Crippen molar-refractivity contribution in [3.63, 3.8) is 0 Å². The van der Waals surface area contributed by atoms with Gasteiger partial charge in [-0.25, -0.2) is 9.78 Å². The predicted octanol–water partition coefficient (Wildman–Crippen LogP) is 5.38. The number of rotatable bonds is 6. The van der Waals surface area contributed by atoms with Gasteiger partial charge in [-0.05, 0) is 43.5 Å². The zero-order valence-corrected chi connectivity index (χ0v) is 21.4. The second kappa shape index (κ2) is 10.0. The van der Waals surface area contributed by atoms with Gasteiger partial charge in [0, 0.05) is 62.4 Å². The van der Waals surface area contributed by atoms with Crippen molar-refractivity contribution in [3.05, 3.63) is 77.5 Å². The average molecular weight is 484 g/mol. The highest BCUT2D eigenvalue weighted by atomic mass is 16.5. The minimum absolute atomic E-state index is 0.0857. The van der Waals surface area contributed by atoms with Crippen molar-refractivity contribution in [3.8, 4) is 17.1 Å². The van der Waals surface area contributed by atoms with E-state index in [0.717, 1.165) is 51.8 Å². The second-order valence-electron chi connectivity index (χ2n) is 9.62. The Bertz CT molecular complexity index is 1380. The normalized spacial score (nSPS) is 15.4. The zero-order valence-electron chi connectivity index (χ0n) is 21.4. The highest BCUT2D eigenvalue weighted by Crippen LogP contribution is 2.34. The molecule has 1 aliphatic rings. The van der Waals surface area contributed by atoms with Gasteiger partial charge in [0.25, 0.3) is 0 Å². The van der Waals surface area contributed by atoms with E-state index in [9.17, 15) is 4.79 Å². The number of likely N-dealkylation sites (tertiary alicyclic amines) is 1. The number of pyridine rings is 1. The van der Waals surface area contributed by atoms with Crippen molar-refractivity contribution in [1.29, 1.82) is 0 Å². The van der Waals surface area contributed by atoms with Crippen LogP contribution in [0.3, 0.4) is 0 Å². The highest BCUT2D eigenvalue weighted by Gasteiger charge is 2.31. The third-order valence-electron chi connectivity index (χ3n) is 7.04. The standard InChI is InChI=1S/C29H33N5O2/c1-5-32(3)29(35)34-15-14-24(17-34)25-18-33(4)31-28(25)36-19-21-10-12-22(13-11-21)27-20(2)16-23-8-6-7-9-26(23)30-27/h6-13,16,18,24H,5,14-15,17,19H2,1-4H3. The molecule has 0 N–H and O–H groups in total. The number of aromatic nitrogens is 3. The molecule has 1 fully saturated rings. The molecule has 5 rings (SSSR count). The Morgan fingerprint density at radius 2 is 1.94 bits per heavy atom. The lowest BCUT2D eigenvalue weighted by Crippen LogP contribution is -2.39. The molecule has 1 saturated heterocycles. The van der Waals surface area contributed by atoms with Crippen molar-refractivity contribution in [1.82, 2.24) is 24.6 Å². The first-order valence-corrected chi connectivity index (χ1v) is 12.5. The lowest BCUT2D eigenvalue weighted by Gasteiger charge is -2.23. The van der Waals surface area contributed by atoms with Gasteiger partial charge in [-0.2, -0.15) is 0 Å². The van der Waals surface area contributed by atoms with E-state index < -0.39 is 0 Å². The van der Waals surface area contributed by atoms with Crippen LogP contribution in [0.1, 0.15) is 36.0 Å². The van der Waals surface area contributed by atoms with Crippen molar-refractivity contribution in [2.45, 2.75) is 32.8 Å². The summed E-state index contributed by atoms with van der Waals surface area (Å²) in [4.78, 5) is 21.1. The summed E-state index contributed by atoms with van der Waals surface area (Å²) in [5.74, 6) is 0.879. The summed E-state index contributed by atoms with van der Waals surface area (Å²) in [5.41, 5.74) is 6.39. The minimum Gasteiger partial charge on any atom is -0.472 e. The third kappa shape index (κ3) is 4.78. The second-order valence-corrected chi connectivity index (χ2v) is 9.62. The van der Waals surface area contributed by atoms with Gasteiger partial charge in [0.1, 0.15) is 6.61 Å². The van der Waals surface area contributed by atoms with Crippen LogP contribution in [0, 0.1) is 6.92 Å². The molecule has 1 atom stereocenters. The first-order valence-electron chi connectivity index (χ1n) is 12.5. The van der Waals surface area contributed by atoms with Gasteiger partial charge < -0.3 is 14.5 Å². The minimum atomic E-state index is 0.0857. The molecule has 4 aromatic rings. The molecule has 2 aromatic carbocycles. The highest BCUT2D eigenvalue weighted by molar-refractivity contribution is 5.83. The van der Waals surface area contributed by atoms with Gasteiger partial charge in [0.2, 0.25) is 5.88 Å². The van der Waals surface area contributed by atoms with Gasteiger partial charge >= 0.3 is 6.03 Å². The van der Waals surface area contributed by atoms with Crippen molar-refractivity contribution < 1.29 is 9.53 Å². The number of aryl methyl sites for hydroxylation is 2. The van der Waals surface area contributed by atoms with Crippen LogP contribution in [-0.2, 0) is 13.7 Å². The maximum absolute atomic E-state index is 12.6. The molecule has 0 aliphatic carbocycles. The van der Waals surface area contributed by atoms with E-state index in [0.29, 0.717) is 25.6 Å². The molecule has 7 heteroatoms. The van der Waals surface area contributed by atoms with Gasteiger partial charge in [-0.15, -0.1) is 5.10 Å². The van der Waals surface area contributed by atoms with Crippen LogP contribution in [0.15, 0.2) is 60.8 Å². The topological polar surface area (TPSA) is 63.5 Å². The van der Waals surface area contributed by atoms with Gasteiger partial charge in [-0.3, -0.25) is 4.68 Å². The van der Waals surface area contributed by atoms with Crippen LogP contribution in [0.25, 0.3) is 22.2 Å². The Balaban J connectivity index is 1.27. The van der Waals surface area contributed by atoms with Crippen LogP contribution in [0.4, 0.5) is 4.79 Å². The fourth-order valence-corrected chi connectivity index (χ4v) is 4.87. The maximum Gasteiger partial charge on any atom is 0.319 e. The number of hydrogen-bond acceptors (Lipinski definition) is 4. The fraction of sp³-hybridized carbons (Fsp3) is 0.345. The molecule has 0 radical (unpaired) electrons. The van der Waals surface area contributed by atoms with E-state index in [2.05, 4.69) is 48.4 Å². The molecule has 2 amide bonds. The third-order valence-corrected chi connectivity index (χ3v) is 7.04. The van der Waals surface area contributed by atoms with Crippen LogP contribution in [0.2, 0.25) is 0 Å². The number of nitrogens with zero attached hydrogens (tertiary/aromatic N) is 5. The quantitative estimate of drug-likeness (QED) is 0.369. The summed E-state index contributed by atoms with van der Waals surface area (Å²) in [6, 6.07) is 18.9. The Morgan fingerprint density at radius 3 is 2.72 bits per heavy atom. The van der Waals surface area contributed by atoms with E-state index in [4.69, 9.17) is 9.72 Å². The van der Waals surface area contributed by atoms with E-state index in [1.54, 1.807) is 9.58 Å². The van der Waals surface area contributed by atoms with E-state index >= 15 is 0 Å². The summed E-state index contributed by atoms with van der Waals surface area (Å²) in [5, 5.41) is 5.72. The number of carbonyl (C=O) groups excluding carboxylic acids is 1. The number of urea groups is 1. The summed E-state index contributed by atoms with van der Waals surface area (Å²) >= 11 is 0. The Labute approximate surface area is 212 Å². The average Bonchev–Trinajstić information content (AvgIpc) is 3.53. The van der Waals surface area contributed by atoms with Crippen molar-refractivity contribution >= 4 is 16.9 Å². The van der Waals surface area contributed by atoms with E-state index in [-0.39, 0.29) is 11.9 Å². The monoisotopic (exact) mass is 483 g/mol. The number of benzene rings is 2. The molecule has 7 nitrogen and oxygen atoms in total. The van der Waals surface area contributed by atoms with Crippen LogP contribution >= 0.6 is 0 Å². The molecule has 186 valence electrons. The van der Waals surface area contributed by atoms with Gasteiger partial charge in [0.15, 0.2) is 0 Å². The van der Waals surface area contributed by atoms with E-state index in [1.807, 2.05) is 50.3 Å². The van der Waals surface area contributed by atoms with E-state index in [1.165, 1.54) is 0 Å². The van der Waals surface area contributed by atoms with Crippen LogP contribution in [-0.4, -0.2) is 57.3 Å². The number of amides is 2. The lowest BCUT2D eigenvalue weighted by molar-refractivity contribution is 0.174. The Hall–Kier alpha value is -3.87. The predicted molar refractivity (Wildman–Crippen MR) is 142 cm³/mol. The van der Waals surface area contributed by atoms with Crippen LogP contribution < -0.4 is 4.74 Å². The maximum atomic E-state index is 12.6. The van der Waals surface area contributed by atoms with Crippen molar-refractivity contribution in [2.24, 2.45) is 7.05 Å². The summed E-state index contributed by atoms with van der Waals surface area (Å²) in [6.45, 7) is 6.68. The molecule has 3 heterocycles. The lowest BCUT2D eigenvalue weighted by atomic mass is 10.0. The SMILES string of the molecule is CCN(C)C(=O)N1CCC(c2cn(C)nc2OCc2ccc(-c3nc4ccccc4cc3C)cc2)C1. The largest absolute Gasteiger partial charge is 0.472 e. The zero-order chi connectivity index (χ0) is 25.2. The van der Waals surface area contributed by atoms with Gasteiger partial charge in [0.05, 0.1) is 11.2 Å². The molecule has 2 aromatic heterocycles. The molecular weight excluding hydrogens is 450 g/mol. The van der Waals surface area contributed by atoms with Crippen LogP contribution in [0.5, 0.6) is 5.88 Å². The first-order chi connectivity index (χ1) is 17.4. The number of fused-ring (bicyclic) bond motifs is 1. The number of hydrogen-bond donors (Lipinski definition) is 0. The number of para-hydroxylation sites is 1. The molecule has 0 bridgehead atoms. The molecule has 0 spiro atoms. The molecule has 36 heavy (non-hydrogen) atoms. The number of carbonyl (C=O) groups is 1.